The van der Waals surface area contributed by atoms with Crippen LogP contribution >= 0.6 is 0 Å². The molecule has 7 unspecified atom stereocenters. The van der Waals surface area contributed by atoms with Gasteiger partial charge in [0.15, 0.2) is 23.0 Å². The molecule has 0 saturated heterocycles. The van der Waals surface area contributed by atoms with Crippen LogP contribution in [0, 0.1) is 29.6 Å². The third-order valence-corrected chi connectivity index (χ3v) is 10.7. The third kappa shape index (κ3) is 5.78. The van der Waals surface area contributed by atoms with E-state index in [1.165, 1.54) is 7.11 Å². The highest BCUT2D eigenvalue weighted by Gasteiger charge is 2.57. The number of hydrogen-bond donors (Lipinski definition) is 5. The number of ketones is 1. The van der Waals surface area contributed by atoms with Crippen molar-refractivity contribution >= 4 is 5.78 Å². The smallest absolute Gasteiger partial charge is 0.160 e. The number of methoxy groups -OCH3 is 1. The van der Waals surface area contributed by atoms with Gasteiger partial charge in [0.2, 0.25) is 0 Å². The number of carbonyl (C=O) groups excluding carboxylic acids is 1. The van der Waals surface area contributed by atoms with Gasteiger partial charge in [0.05, 0.1) is 19.3 Å². The highest BCUT2D eigenvalue weighted by molar-refractivity contribution is 5.80. The molecule has 0 bridgehead atoms. The summed E-state index contributed by atoms with van der Waals surface area (Å²) in [6, 6.07) is 18.3. The van der Waals surface area contributed by atoms with Crippen LogP contribution < -0.4 is 4.74 Å². The molecule has 0 heterocycles. The summed E-state index contributed by atoms with van der Waals surface area (Å²) in [5.41, 5.74) is 2.62. The largest absolute Gasteiger partial charge is 0.504 e. The molecule has 0 aromatic heterocycles. The van der Waals surface area contributed by atoms with E-state index in [1.54, 1.807) is 24.3 Å². The lowest BCUT2D eigenvalue weighted by Gasteiger charge is -2.56. The Morgan fingerprint density at radius 2 is 1.69 bits per heavy atom. The van der Waals surface area contributed by atoms with Gasteiger partial charge >= 0.3 is 0 Å². The number of carbonyl (C=O) groups is 1. The number of aliphatic hydroxyl groups excluding tert-OH is 2. The van der Waals surface area contributed by atoms with E-state index in [0.29, 0.717) is 25.0 Å². The van der Waals surface area contributed by atoms with E-state index in [2.05, 4.69) is 11.8 Å². The first kappa shape index (κ1) is 31.0. The van der Waals surface area contributed by atoms with Crippen LogP contribution in [0.25, 0.3) is 0 Å². The Morgan fingerprint density at radius 1 is 0.911 bits per heavy atom. The molecule has 3 aliphatic rings. The van der Waals surface area contributed by atoms with Crippen molar-refractivity contribution in [1.82, 2.24) is 0 Å². The molecule has 0 radical (unpaired) electrons. The quantitative estimate of drug-likeness (QED) is 0.190. The fraction of sp³-hybridized carbons (Fsp3) is 0.447. The average Bonchev–Trinajstić information content (AvgIpc) is 3.03. The molecule has 5 N–H and O–H groups in total. The van der Waals surface area contributed by atoms with Crippen LogP contribution in [0.1, 0.15) is 73.1 Å². The number of hydrogen-bond acceptors (Lipinski definition) is 7. The van der Waals surface area contributed by atoms with Crippen LogP contribution in [0.4, 0.5) is 0 Å². The summed E-state index contributed by atoms with van der Waals surface area (Å²) in [5.74, 6) is 5.67. The molecule has 7 nitrogen and oxygen atoms in total. The van der Waals surface area contributed by atoms with Crippen LogP contribution in [0.5, 0.6) is 23.0 Å². The molecule has 0 amide bonds. The van der Waals surface area contributed by atoms with Crippen LogP contribution in [-0.4, -0.2) is 50.6 Å². The number of aromatic hydroxyl groups is 3. The summed E-state index contributed by atoms with van der Waals surface area (Å²) in [6.07, 6.45) is 2.82. The molecule has 45 heavy (non-hydrogen) atoms. The highest BCUT2D eigenvalue weighted by Crippen LogP contribution is 2.57. The Hall–Kier alpha value is -3.99. The molecule has 7 atom stereocenters. The fourth-order valence-corrected chi connectivity index (χ4v) is 8.61. The number of aliphatic hydroxyl groups is 2. The molecular weight excluding hydrogens is 568 g/mol. The van der Waals surface area contributed by atoms with Gasteiger partial charge in [0.1, 0.15) is 5.78 Å². The summed E-state index contributed by atoms with van der Waals surface area (Å²) in [5, 5.41) is 55.0. The summed E-state index contributed by atoms with van der Waals surface area (Å²) >= 11 is 0. The second-order valence-electron chi connectivity index (χ2n) is 13.1. The van der Waals surface area contributed by atoms with E-state index in [4.69, 9.17) is 4.74 Å². The molecule has 1 fully saturated rings. The Balaban J connectivity index is 1.47. The van der Waals surface area contributed by atoms with Crippen molar-refractivity contribution in [2.45, 2.75) is 81.3 Å². The lowest BCUT2D eigenvalue weighted by molar-refractivity contribution is -0.125. The van der Waals surface area contributed by atoms with E-state index in [0.717, 1.165) is 41.5 Å². The number of phenolic OH excluding ortho intramolecular Hbond substituents is 3. The molecule has 3 aliphatic carbocycles. The molecule has 3 aromatic rings. The normalized spacial score (nSPS) is 29.9. The van der Waals surface area contributed by atoms with Gasteiger partial charge in [0.25, 0.3) is 0 Å². The van der Waals surface area contributed by atoms with Gasteiger partial charge in [-0.1, -0.05) is 48.7 Å². The third-order valence-electron chi connectivity index (χ3n) is 10.7. The summed E-state index contributed by atoms with van der Waals surface area (Å²) in [7, 11) is 1.49. The Morgan fingerprint density at radius 3 is 2.47 bits per heavy atom. The number of fused-ring (bicyclic) bond motifs is 3. The first-order valence-electron chi connectivity index (χ1n) is 16.0. The molecule has 0 aliphatic heterocycles. The molecule has 236 valence electrons. The average molecular weight is 611 g/mol. The Bertz CT molecular complexity index is 1610. The molecular formula is C38H42O7. The van der Waals surface area contributed by atoms with Gasteiger partial charge in [-0.15, -0.1) is 5.92 Å². The van der Waals surface area contributed by atoms with E-state index in [9.17, 15) is 30.3 Å². The van der Waals surface area contributed by atoms with Gasteiger partial charge < -0.3 is 30.3 Å². The topological polar surface area (TPSA) is 127 Å². The fourth-order valence-electron chi connectivity index (χ4n) is 8.61. The van der Waals surface area contributed by atoms with Crippen LogP contribution in [0.15, 0.2) is 60.7 Å². The number of rotatable bonds is 5. The van der Waals surface area contributed by atoms with Gasteiger partial charge in [-0.25, -0.2) is 0 Å². The van der Waals surface area contributed by atoms with E-state index in [-0.39, 0.29) is 60.0 Å². The van der Waals surface area contributed by atoms with Gasteiger partial charge in [-0.05, 0) is 84.5 Å². The van der Waals surface area contributed by atoms with Crippen molar-refractivity contribution in [3.8, 4) is 34.8 Å². The molecule has 6 rings (SSSR count). The molecule has 0 spiro atoms. The Kier molecular flexibility index (Phi) is 8.81. The molecule has 1 saturated carbocycles. The van der Waals surface area contributed by atoms with Crippen LogP contribution in [0.3, 0.4) is 0 Å². The minimum absolute atomic E-state index is 0.0170. The van der Waals surface area contributed by atoms with E-state index >= 15 is 0 Å². The summed E-state index contributed by atoms with van der Waals surface area (Å²) in [6.45, 7) is 0. The van der Waals surface area contributed by atoms with Gasteiger partial charge in [-0.3, -0.25) is 4.79 Å². The maximum Gasteiger partial charge on any atom is 0.160 e. The minimum Gasteiger partial charge on any atom is -0.504 e. The zero-order chi connectivity index (χ0) is 31.7. The van der Waals surface area contributed by atoms with Crippen molar-refractivity contribution in [2.24, 2.45) is 17.8 Å². The van der Waals surface area contributed by atoms with Crippen LogP contribution in [0.2, 0.25) is 0 Å². The lowest BCUT2D eigenvalue weighted by Crippen LogP contribution is -2.59. The van der Waals surface area contributed by atoms with Gasteiger partial charge in [-0.2, -0.15) is 0 Å². The number of benzene rings is 3. The van der Waals surface area contributed by atoms with Crippen LogP contribution in [-0.2, 0) is 23.1 Å². The number of Topliss-reactive ketones (excluding diaryl/α,β-unsaturated/α-hetero) is 1. The Labute approximate surface area is 264 Å². The monoisotopic (exact) mass is 610 g/mol. The predicted molar refractivity (Wildman–Crippen MR) is 170 cm³/mol. The lowest BCUT2D eigenvalue weighted by atomic mass is 9.49. The number of ether oxygens (including phenoxy) is 1. The van der Waals surface area contributed by atoms with Crippen molar-refractivity contribution < 1.29 is 35.1 Å². The zero-order valence-electron chi connectivity index (χ0n) is 25.7. The first-order chi connectivity index (χ1) is 21.7. The van der Waals surface area contributed by atoms with Crippen molar-refractivity contribution in [3.63, 3.8) is 0 Å². The molecule has 3 aromatic carbocycles. The summed E-state index contributed by atoms with van der Waals surface area (Å²) < 4.78 is 5.39. The SMILES string of the molecule is COc1cc(C2CC(=O)CC(O)C(C34c5cc(O)c(O)cc5CCC3CCCC4O)CC#CC2Cc2ccccc2)ccc1O. The summed E-state index contributed by atoms with van der Waals surface area (Å²) in [4.78, 5) is 13.9. The maximum absolute atomic E-state index is 13.9. The zero-order valence-corrected chi connectivity index (χ0v) is 25.7. The first-order valence-corrected chi connectivity index (χ1v) is 16.0. The standard InChI is InChI=1S/C38H42O7/c1-45-36-19-25(14-16-32(36)40)29-20-28(39)21-33(41)30(11-5-9-24(29)17-23-7-3-2-4-8-23)38-27(10-6-12-37(38)44)15-13-26-18-34(42)35(43)22-31(26)38/h2-4,7-8,14,16,18-19,22,24,27,29-30,33,37,40-44H,6,10-13,15,17,20-21H2,1H3. The minimum atomic E-state index is -1.07. The van der Waals surface area contributed by atoms with Crippen molar-refractivity contribution in [3.05, 3.63) is 82.9 Å². The van der Waals surface area contributed by atoms with Crippen molar-refractivity contribution in [1.29, 1.82) is 0 Å². The highest BCUT2D eigenvalue weighted by atomic mass is 16.5. The number of phenols is 3. The molecule has 7 heteroatoms. The van der Waals surface area contributed by atoms with Crippen molar-refractivity contribution in [2.75, 3.05) is 7.11 Å². The number of aryl methyl sites for hydroxylation is 1. The second kappa shape index (κ2) is 12.8. The van der Waals surface area contributed by atoms with Gasteiger partial charge in [0, 0.05) is 42.4 Å². The predicted octanol–water partition coefficient (Wildman–Crippen LogP) is 5.53. The maximum atomic E-state index is 13.9. The van der Waals surface area contributed by atoms with E-state index in [1.807, 2.05) is 36.4 Å². The van der Waals surface area contributed by atoms with E-state index < -0.39 is 23.5 Å². The second-order valence-corrected chi connectivity index (χ2v) is 13.1.